The van der Waals surface area contributed by atoms with Gasteiger partial charge in [-0.05, 0) is 6.92 Å². The van der Waals surface area contributed by atoms with Crippen LogP contribution in [0.2, 0.25) is 0 Å². The minimum Gasteiger partial charge on any atom is -0.365 e. The minimum atomic E-state index is -0.0677. The van der Waals surface area contributed by atoms with Gasteiger partial charge in [0.1, 0.15) is 5.71 Å². The maximum Gasteiger partial charge on any atom is 0.362 e. The van der Waals surface area contributed by atoms with Gasteiger partial charge in [-0.25, -0.2) is 0 Å². The molecule has 0 aromatic carbocycles. The van der Waals surface area contributed by atoms with Gasteiger partial charge in [-0.3, -0.25) is 11.5 Å². The summed E-state index contributed by atoms with van der Waals surface area (Å²) in [7, 11) is 0. The third-order valence-electron chi connectivity index (χ3n) is 0.828. The van der Waals surface area contributed by atoms with Gasteiger partial charge in [0.15, 0.2) is 0 Å². The van der Waals surface area contributed by atoms with Crippen molar-refractivity contribution in [3.05, 3.63) is 0 Å². The quantitative estimate of drug-likeness (QED) is 0.147. The summed E-state index contributed by atoms with van der Waals surface area (Å²) in [6.45, 7) is 1.70. The summed E-state index contributed by atoms with van der Waals surface area (Å²) in [5.74, 6) is -0.0588. The van der Waals surface area contributed by atoms with Gasteiger partial charge >= 0.3 is 5.96 Å². The van der Waals surface area contributed by atoms with Crippen molar-refractivity contribution >= 4 is 23.8 Å². The van der Waals surface area contributed by atoms with Crippen molar-refractivity contribution in [2.45, 2.75) is 6.92 Å². The Hall–Kier alpha value is -2.12. The highest BCUT2D eigenvalue weighted by Crippen LogP contribution is 1.55. The van der Waals surface area contributed by atoms with Crippen molar-refractivity contribution in [2.75, 3.05) is 0 Å². The second-order valence-corrected chi connectivity index (χ2v) is 2.13. The molecule has 0 unspecified atom stereocenters. The standard InChI is InChI=1S/C5H12N8/c1-3(11-13-5(8)9)2-10-12-4(6)7/h2H,1H3,(H4,6,7,12)(H4,8,9,13)/p+2. The average Bonchev–Trinajstić information content (AvgIpc) is 2.00. The lowest BCUT2D eigenvalue weighted by Crippen LogP contribution is -2.73. The number of nitrogens with two attached hydrogens (primary N) is 4. The first-order valence-electron chi connectivity index (χ1n) is 3.38. The first kappa shape index (κ1) is 10.9. The maximum absolute atomic E-state index is 5.09. The molecule has 0 atom stereocenters. The van der Waals surface area contributed by atoms with E-state index < -0.39 is 0 Å². The van der Waals surface area contributed by atoms with E-state index in [2.05, 4.69) is 20.4 Å². The summed E-state index contributed by atoms with van der Waals surface area (Å²) in [6, 6.07) is 0. The van der Waals surface area contributed by atoms with E-state index in [1.807, 2.05) is 0 Å². The lowest BCUT2D eigenvalue weighted by molar-refractivity contribution is -0.466. The van der Waals surface area contributed by atoms with Gasteiger partial charge < -0.3 is 11.5 Å². The molecule has 0 bridgehead atoms. The largest absolute Gasteiger partial charge is 0.365 e. The monoisotopic (exact) mass is 186 g/mol. The molecule has 0 saturated carbocycles. The van der Waals surface area contributed by atoms with E-state index in [0.29, 0.717) is 5.71 Å². The summed E-state index contributed by atoms with van der Waals surface area (Å²) < 4.78 is 0. The Morgan fingerprint density at radius 2 is 1.77 bits per heavy atom. The van der Waals surface area contributed by atoms with Crippen molar-refractivity contribution in [2.24, 2.45) is 33.1 Å². The SMILES string of the molecule is CC(C=[NH+]N=C(N)N)=N[NH+]=C(N)N. The van der Waals surface area contributed by atoms with Crippen molar-refractivity contribution in [1.82, 2.24) is 0 Å². The van der Waals surface area contributed by atoms with Crippen LogP contribution in [0.15, 0.2) is 10.2 Å². The minimum absolute atomic E-state index is 0.00888. The second-order valence-electron chi connectivity index (χ2n) is 2.13. The molecule has 13 heavy (non-hydrogen) atoms. The second kappa shape index (κ2) is 5.52. The lowest BCUT2D eigenvalue weighted by atomic mass is 10.5. The molecule has 0 fully saturated rings. The molecule has 0 aromatic rings. The Balaban J connectivity index is 4.22. The first-order valence-corrected chi connectivity index (χ1v) is 3.38. The van der Waals surface area contributed by atoms with E-state index in [-0.39, 0.29) is 11.9 Å². The average molecular weight is 186 g/mol. The van der Waals surface area contributed by atoms with Gasteiger partial charge in [0.2, 0.25) is 6.21 Å². The summed E-state index contributed by atoms with van der Waals surface area (Å²) in [6.07, 6.45) is 1.47. The predicted octanol–water partition coefficient (Wildman–Crippen LogP) is -5.94. The summed E-state index contributed by atoms with van der Waals surface area (Å²) >= 11 is 0. The third-order valence-corrected chi connectivity index (χ3v) is 0.828. The fourth-order valence-electron chi connectivity index (χ4n) is 0.385. The highest BCUT2D eigenvalue weighted by molar-refractivity contribution is 6.26. The third kappa shape index (κ3) is 7.78. The molecule has 0 amide bonds. The topological polar surface area (TPSA) is 157 Å². The van der Waals surface area contributed by atoms with Gasteiger partial charge in [0, 0.05) is 5.10 Å². The maximum atomic E-state index is 5.09. The Bertz CT molecular complexity index is 264. The molecule has 0 spiro atoms. The molecule has 10 N–H and O–H groups in total. The van der Waals surface area contributed by atoms with Gasteiger partial charge in [-0.15, -0.1) is 10.2 Å². The molecule has 0 aliphatic rings. The van der Waals surface area contributed by atoms with Gasteiger partial charge in [0.05, 0.1) is 0 Å². The number of nitrogens with zero attached hydrogens (tertiary/aromatic N) is 2. The molecule has 0 radical (unpaired) electrons. The van der Waals surface area contributed by atoms with Gasteiger partial charge in [-0.1, -0.05) is 0 Å². The molecule has 8 nitrogen and oxygen atoms in total. The Kier molecular flexibility index (Phi) is 4.62. The van der Waals surface area contributed by atoms with Crippen molar-refractivity contribution < 1.29 is 10.2 Å². The van der Waals surface area contributed by atoms with Crippen molar-refractivity contribution in [3.8, 4) is 0 Å². The molecule has 0 aliphatic heterocycles. The smallest absolute Gasteiger partial charge is 0.362 e. The molecule has 0 saturated heterocycles. The molecule has 0 aromatic heterocycles. The summed E-state index contributed by atoms with van der Waals surface area (Å²) in [4.78, 5) is 0. The zero-order valence-corrected chi connectivity index (χ0v) is 7.28. The zero-order chi connectivity index (χ0) is 10.3. The molecule has 8 heteroatoms. The Morgan fingerprint density at radius 1 is 1.15 bits per heavy atom. The molecular formula is C5H14N8+2. The zero-order valence-electron chi connectivity index (χ0n) is 7.28. The predicted molar refractivity (Wildman–Crippen MR) is 50.3 cm³/mol. The molecule has 0 aliphatic carbocycles. The van der Waals surface area contributed by atoms with Crippen LogP contribution in [0.4, 0.5) is 0 Å². The van der Waals surface area contributed by atoms with Gasteiger partial charge in [0.25, 0.3) is 5.96 Å². The molecule has 0 heterocycles. The highest BCUT2D eigenvalue weighted by Gasteiger charge is 1.90. The fraction of sp³-hybridized carbons (Fsp3) is 0.200. The van der Waals surface area contributed by atoms with E-state index in [0.717, 1.165) is 0 Å². The van der Waals surface area contributed by atoms with E-state index in [1.165, 1.54) is 6.21 Å². The van der Waals surface area contributed by atoms with Crippen molar-refractivity contribution in [3.63, 3.8) is 0 Å². The molecular weight excluding hydrogens is 172 g/mol. The van der Waals surface area contributed by atoms with E-state index >= 15 is 0 Å². The van der Waals surface area contributed by atoms with E-state index in [9.17, 15) is 0 Å². The number of nitrogens with one attached hydrogen (secondary N) is 2. The number of guanidine groups is 2. The summed E-state index contributed by atoms with van der Waals surface area (Å²) in [5.41, 5.74) is 20.9. The molecule has 72 valence electrons. The Labute approximate surface area is 75.1 Å². The number of hydrogen-bond acceptors (Lipinski definition) is 2. The number of rotatable bonds is 3. The van der Waals surface area contributed by atoms with E-state index in [1.54, 1.807) is 6.92 Å². The normalized spacial score (nSPS) is 11.3. The van der Waals surface area contributed by atoms with Crippen LogP contribution in [-0.4, -0.2) is 23.8 Å². The van der Waals surface area contributed by atoms with Crippen LogP contribution in [-0.2, 0) is 0 Å². The number of hydrazone groups is 2. The van der Waals surface area contributed by atoms with Crippen LogP contribution in [0.25, 0.3) is 0 Å². The Morgan fingerprint density at radius 3 is 2.23 bits per heavy atom. The molecule has 0 rings (SSSR count). The van der Waals surface area contributed by atoms with Crippen LogP contribution in [0.3, 0.4) is 0 Å². The van der Waals surface area contributed by atoms with Crippen LogP contribution in [0.1, 0.15) is 6.92 Å². The number of hydrogen-bond donors (Lipinski definition) is 6. The van der Waals surface area contributed by atoms with Gasteiger partial charge in [-0.2, -0.15) is 5.10 Å². The van der Waals surface area contributed by atoms with Crippen LogP contribution in [0.5, 0.6) is 0 Å². The highest BCUT2D eigenvalue weighted by atomic mass is 15.3. The van der Waals surface area contributed by atoms with Crippen LogP contribution < -0.4 is 33.1 Å². The fourth-order valence-corrected chi connectivity index (χ4v) is 0.385. The van der Waals surface area contributed by atoms with Crippen LogP contribution in [0, 0.1) is 0 Å². The summed E-state index contributed by atoms with van der Waals surface area (Å²) in [5, 5.41) is 12.0. The lowest BCUT2D eigenvalue weighted by Gasteiger charge is -1.80. The van der Waals surface area contributed by atoms with Crippen molar-refractivity contribution in [1.29, 1.82) is 0 Å². The van der Waals surface area contributed by atoms with E-state index in [4.69, 9.17) is 22.9 Å². The first-order chi connectivity index (χ1) is 6.02. The van der Waals surface area contributed by atoms with Crippen LogP contribution >= 0.6 is 0 Å².